The number of phenolic OH excluding ortho intramolecular Hbond substituents is 2. The number of aromatic hydroxyl groups is 2. The molecule has 2 aromatic rings. The Kier molecular flexibility index (Phi) is 4.39. The van der Waals surface area contributed by atoms with Gasteiger partial charge in [0, 0.05) is 13.1 Å². The maximum absolute atomic E-state index is 9.37. The molecule has 0 aromatic heterocycles. The van der Waals surface area contributed by atoms with Crippen molar-refractivity contribution in [2.45, 2.75) is 19.7 Å². The van der Waals surface area contributed by atoms with Crippen LogP contribution in [-0.2, 0) is 19.7 Å². The molecule has 4 heteroatoms. The summed E-state index contributed by atoms with van der Waals surface area (Å²) in [5, 5.41) is 30.8. The van der Waals surface area contributed by atoms with E-state index in [0.717, 1.165) is 16.7 Å². The first kappa shape index (κ1) is 13.4. The second-order valence-electron chi connectivity index (χ2n) is 4.40. The molecule has 0 atom stereocenters. The molecule has 0 saturated heterocycles. The van der Waals surface area contributed by atoms with Crippen molar-refractivity contribution in [3.05, 3.63) is 59.2 Å². The van der Waals surface area contributed by atoms with Gasteiger partial charge < -0.3 is 20.6 Å². The van der Waals surface area contributed by atoms with Crippen molar-refractivity contribution < 1.29 is 15.3 Å². The van der Waals surface area contributed by atoms with Crippen LogP contribution in [0.4, 0.5) is 0 Å². The summed E-state index contributed by atoms with van der Waals surface area (Å²) >= 11 is 0. The maximum Gasteiger partial charge on any atom is 0.157 e. The first-order valence-electron chi connectivity index (χ1n) is 6.09. The van der Waals surface area contributed by atoms with Gasteiger partial charge in [-0.15, -0.1) is 0 Å². The lowest BCUT2D eigenvalue weighted by atomic mass is 10.1. The fourth-order valence-corrected chi connectivity index (χ4v) is 1.79. The van der Waals surface area contributed by atoms with Crippen molar-refractivity contribution in [1.29, 1.82) is 0 Å². The predicted molar refractivity (Wildman–Crippen MR) is 72.7 cm³/mol. The van der Waals surface area contributed by atoms with Crippen LogP contribution in [0.25, 0.3) is 0 Å². The zero-order valence-electron chi connectivity index (χ0n) is 10.5. The lowest BCUT2D eigenvalue weighted by Crippen LogP contribution is -2.12. The minimum atomic E-state index is -0.108. The molecule has 0 aliphatic rings. The van der Waals surface area contributed by atoms with E-state index in [2.05, 4.69) is 5.32 Å². The number of benzene rings is 2. The van der Waals surface area contributed by atoms with E-state index < -0.39 is 0 Å². The highest BCUT2D eigenvalue weighted by molar-refractivity contribution is 5.40. The van der Waals surface area contributed by atoms with Crippen LogP contribution in [0.2, 0.25) is 0 Å². The van der Waals surface area contributed by atoms with Gasteiger partial charge in [-0.1, -0.05) is 30.3 Å². The Labute approximate surface area is 112 Å². The normalized spacial score (nSPS) is 10.6. The largest absolute Gasteiger partial charge is 0.504 e. The highest BCUT2D eigenvalue weighted by Crippen LogP contribution is 2.24. The number of phenols is 2. The number of hydrogen-bond donors (Lipinski definition) is 4. The van der Waals surface area contributed by atoms with Crippen molar-refractivity contribution >= 4 is 0 Å². The molecule has 0 unspecified atom stereocenters. The van der Waals surface area contributed by atoms with Crippen LogP contribution >= 0.6 is 0 Å². The van der Waals surface area contributed by atoms with Gasteiger partial charge in [0.25, 0.3) is 0 Å². The molecule has 100 valence electrons. The summed E-state index contributed by atoms with van der Waals surface area (Å²) in [6, 6.07) is 12.5. The predicted octanol–water partition coefficient (Wildman–Crippen LogP) is 1.88. The maximum atomic E-state index is 9.37. The van der Waals surface area contributed by atoms with Crippen LogP contribution in [0.3, 0.4) is 0 Å². The average molecular weight is 259 g/mol. The van der Waals surface area contributed by atoms with Crippen LogP contribution in [0.15, 0.2) is 42.5 Å². The first-order valence-corrected chi connectivity index (χ1v) is 6.09. The summed E-state index contributed by atoms with van der Waals surface area (Å²) < 4.78 is 0. The molecule has 2 rings (SSSR count). The number of rotatable bonds is 5. The summed E-state index contributed by atoms with van der Waals surface area (Å²) in [5.41, 5.74) is 2.93. The monoisotopic (exact) mass is 259 g/mol. The topological polar surface area (TPSA) is 72.7 Å². The van der Waals surface area contributed by atoms with Gasteiger partial charge in [-0.05, 0) is 28.8 Å². The SMILES string of the molecule is OCc1ccc(CNCc2ccc(O)c(O)c2)cc1. The van der Waals surface area contributed by atoms with Gasteiger partial charge in [0.15, 0.2) is 11.5 Å². The summed E-state index contributed by atoms with van der Waals surface area (Å²) in [5.74, 6) is -0.213. The molecule has 0 radical (unpaired) electrons. The third-order valence-electron chi connectivity index (χ3n) is 2.90. The molecule has 0 spiro atoms. The standard InChI is InChI=1S/C15H17NO3/c17-10-12-3-1-11(2-4-12)8-16-9-13-5-6-14(18)15(19)7-13/h1-7,16-19H,8-10H2. The molecule has 0 aliphatic heterocycles. The molecule has 0 fully saturated rings. The Morgan fingerprint density at radius 3 is 1.95 bits per heavy atom. The van der Waals surface area contributed by atoms with E-state index in [1.54, 1.807) is 6.07 Å². The summed E-state index contributed by atoms with van der Waals surface area (Å²) in [4.78, 5) is 0. The van der Waals surface area contributed by atoms with E-state index in [9.17, 15) is 10.2 Å². The number of aliphatic hydroxyl groups is 1. The molecule has 4 N–H and O–H groups in total. The van der Waals surface area contributed by atoms with Gasteiger partial charge in [-0.2, -0.15) is 0 Å². The minimum Gasteiger partial charge on any atom is -0.504 e. The molecule has 0 saturated carbocycles. The number of nitrogens with one attached hydrogen (secondary N) is 1. The minimum absolute atomic E-state index is 0.0560. The summed E-state index contributed by atoms with van der Waals surface area (Å²) in [6.07, 6.45) is 0. The Hall–Kier alpha value is -2.04. The van der Waals surface area contributed by atoms with Gasteiger partial charge in [-0.3, -0.25) is 0 Å². The highest BCUT2D eigenvalue weighted by Gasteiger charge is 2.00. The third kappa shape index (κ3) is 3.71. The highest BCUT2D eigenvalue weighted by atomic mass is 16.3. The molecule has 0 amide bonds. The fourth-order valence-electron chi connectivity index (χ4n) is 1.79. The Bertz CT molecular complexity index is 538. The van der Waals surface area contributed by atoms with Crippen LogP contribution in [0, 0.1) is 0 Å². The van der Waals surface area contributed by atoms with Crippen molar-refractivity contribution in [1.82, 2.24) is 5.32 Å². The molecule has 19 heavy (non-hydrogen) atoms. The van der Waals surface area contributed by atoms with Gasteiger partial charge in [0.2, 0.25) is 0 Å². The van der Waals surface area contributed by atoms with Crippen molar-refractivity contribution in [3.63, 3.8) is 0 Å². The van der Waals surface area contributed by atoms with E-state index in [-0.39, 0.29) is 18.1 Å². The Morgan fingerprint density at radius 2 is 1.32 bits per heavy atom. The van der Waals surface area contributed by atoms with Gasteiger partial charge in [-0.25, -0.2) is 0 Å². The number of aliphatic hydroxyl groups excluding tert-OH is 1. The number of hydrogen-bond acceptors (Lipinski definition) is 4. The van der Waals surface area contributed by atoms with E-state index >= 15 is 0 Å². The molecule has 0 bridgehead atoms. The fraction of sp³-hybridized carbons (Fsp3) is 0.200. The van der Waals surface area contributed by atoms with Crippen LogP contribution in [0.5, 0.6) is 11.5 Å². The molecular weight excluding hydrogens is 242 g/mol. The second kappa shape index (κ2) is 6.22. The lowest BCUT2D eigenvalue weighted by Gasteiger charge is -2.07. The summed E-state index contributed by atoms with van der Waals surface area (Å²) in [7, 11) is 0. The third-order valence-corrected chi connectivity index (χ3v) is 2.90. The lowest BCUT2D eigenvalue weighted by molar-refractivity contribution is 0.282. The van der Waals surface area contributed by atoms with Gasteiger partial charge in [0.1, 0.15) is 0 Å². The van der Waals surface area contributed by atoms with E-state index in [4.69, 9.17) is 5.11 Å². The van der Waals surface area contributed by atoms with E-state index in [0.29, 0.717) is 13.1 Å². The van der Waals surface area contributed by atoms with Gasteiger partial charge >= 0.3 is 0 Å². The van der Waals surface area contributed by atoms with Crippen LogP contribution < -0.4 is 5.32 Å². The average Bonchev–Trinajstić information content (AvgIpc) is 2.43. The van der Waals surface area contributed by atoms with Crippen molar-refractivity contribution in [3.8, 4) is 11.5 Å². The molecule has 0 aliphatic carbocycles. The van der Waals surface area contributed by atoms with Gasteiger partial charge in [0.05, 0.1) is 6.61 Å². The van der Waals surface area contributed by atoms with Crippen LogP contribution in [-0.4, -0.2) is 15.3 Å². The zero-order valence-corrected chi connectivity index (χ0v) is 10.5. The van der Waals surface area contributed by atoms with Crippen molar-refractivity contribution in [2.24, 2.45) is 0 Å². The molecular formula is C15H17NO3. The Morgan fingerprint density at radius 1 is 0.737 bits per heavy atom. The molecule has 0 heterocycles. The molecule has 2 aromatic carbocycles. The second-order valence-corrected chi connectivity index (χ2v) is 4.40. The smallest absolute Gasteiger partial charge is 0.157 e. The molecule has 4 nitrogen and oxygen atoms in total. The zero-order chi connectivity index (χ0) is 13.7. The van der Waals surface area contributed by atoms with E-state index in [1.807, 2.05) is 24.3 Å². The Balaban J connectivity index is 1.86. The van der Waals surface area contributed by atoms with Crippen LogP contribution in [0.1, 0.15) is 16.7 Å². The summed E-state index contributed by atoms with van der Waals surface area (Å²) in [6.45, 7) is 1.36. The quantitative estimate of drug-likeness (QED) is 0.619. The first-order chi connectivity index (χ1) is 9.19. The van der Waals surface area contributed by atoms with Crippen molar-refractivity contribution in [2.75, 3.05) is 0 Å². The van der Waals surface area contributed by atoms with E-state index in [1.165, 1.54) is 12.1 Å².